The van der Waals surface area contributed by atoms with Gasteiger partial charge in [0.1, 0.15) is 16.5 Å². The lowest BCUT2D eigenvalue weighted by atomic mass is 10.2. The Labute approximate surface area is 134 Å². The number of carbonyl (C=O) groups is 1. The smallest absolute Gasteiger partial charge is 0.324 e. The van der Waals surface area contributed by atoms with E-state index in [0.717, 1.165) is 0 Å². The zero-order valence-corrected chi connectivity index (χ0v) is 14.4. The number of benzene rings is 1. The molecule has 5 nitrogen and oxygen atoms in total. The molecule has 0 bridgehead atoms. The van der Waals surface area contributed by atoms with Gasteiger partial charge in [-0.25, -0.2) is 8.42 Å². The van der Waals surface area contributed by atoms with Gasteiger partial charge in [0.05, 0.1) is 10.0 Å². The Hall–Kier alpha value is -0.820. The van der Waals surface area contributed by atoms with Gasteiger partial charge in [-0.2, -0.15) is 4.72 Å². The summed E-state index contributed by atoms with van der Waals surface area (Å²) in [6, 6.07) is 3.18. The first kappa shape index (κ1) is 18.2. The van der Waals surface area contributed by atoms with Gasteiger partial charge in [0.25, 0.3) is 0 Å². The van der Waals surface area contributed by atoms with Crippen molar-refractivity contribution in [3.8, 4) is 0 Å². The van der Waals surface area contributed by atoms with E-state index in [1.807, 2.05) is 0 Å². The fourth-order valence-corrected chi connectivity index (χ4v) is 3.38. The normalized spacial score (nSPS) is 13.8. The van der Waals surface area contributed by atoms with Crippen LogP contribution in [0.2, 0.25) is 10.0 Å². The van der Waals surface area contributed by atoms with Crippen LogP contribution in [0.1, 0.15) is 27.7 Å². The van der Waals surface area contributed by atoms with Gasteiger partial charge in [-0.05, 0) is 39.8 Å². The maximum atomic E-state index is 12.2. The van der Waals surface area contributed by atoms with Crippen LogP contribution in [0.15, 0.2) is 23.1 Å². The summed E-state index contributed by atoms with van der Waals surface area (Å²) < 4.78 is 31.8. The van der Waals surface area contributed by atoms with Crippen LogP contribution in [-0.2, 0) is 19.6 Å². The van der Waals surface area contributed by atoms with Gasteiger partial charge in [-0.15, -0.1) is 0 Å². The number of halogens is 2. The topological polar surface area (TPSA) is 72.5 Å². The van der Waals surface area contributed by atoms with E-state index in [4.69, 9.17) is 27.9 Å². The van der Waals surface area contributed by atoms with Crippen molar-refractivity contribution in [1.29, 1.82) is 0 Å². The van der Waals surface area contributed by atoms with Gasteiger partial charge < -0.3 is 4.74 Å². The minimum Gasteiger partial charge on any atom is -0.459 e. The largest absolute Gasteiger partial charge is 0.459 e. The van der Waals surface area contributed by atoms with Crippen LogP contribution in [0.4, 0.5) is 0 Å². The van der Waals surface area contributed by atoms with E-state index in [2.05, 4.69) is 4.72 Å². The molecular formula is C13H17Cl2NO4S. The highest BCUT2D eigenvalue weighted by atomic mass is 35.5. The molecule has 0 unspecified atom stereocenters. The third-order valence-corrected chi connectivity index (χ3v) is 4.81. The molecule has 0 aliphatic carbocycles. The van der Waals surface area contributed by atoms with Crippen LogP contribution in [0.5, 0.6) is 0 Å². The molecule has 0 amide bonds. The van der Waals surface area contributed by atoms with Crippen LogP contribution in [-0.4, -0.2) is 26.0 Å². The first-order valence-electron chi connectivity index (χ1n) is 6.13. The molecule has 0 fully saturated rings. The van der Waals surface area contributed by atoms with Crippen LogP contribution in [0.25, 0.3) is 0 Å². The summed E-state index contributed by atoms with van der Waals surface area (Å²) >= 11 is 11.7. The summed E-state index contributed by atoms with van der Waals surface area (Å²) in [6.07, 6.45) is 0. The van der Waals surface area contributed by atoms with Gasteiger partial charge in [0.2, 0.25) is 10.0 Å². The van der Waals surface area contributed by atoms with Crippen molar-refractivity contribution in [2.75, 3.05) is 0 Å². The molecule has 1 N–H and O–H groups in total. The monoisotopic (exact) mass is 353 g/mol. The summed E-state index contributed by atoms with van der Waals surface area (Å²) in [5.74, 6) is -0.677. The predicted octanol–water partition coefficient (Wildman–Crippen LogP) is 3.00. The first-order chi connectivity index (χ1) is 9.44. The van der Waals surface area contributed by atoms with Crippen molar-refractivity contribution in [3.63, 3.8) is 0 Å². The summed E-state index contributed by atoms with van der Waals surface area (Å²) in [5.41, 5.74) is -0.704. The number of rotatable bonds is 4. The SMILES string of the molecule is C[C@@H](NS(=O)(=O)c1cccc(Cl)c1Cl)C(=O)OC(C)(C)C. The zero-order chi connectivity index (χ0) is 16.4. The maximum absolute atomic E-state index is 12.2. The predicted molar refractivity (Wildman–Crippen MR) is 82.1 cm³/mol. The van der Waals surface area contributed by atoms with E-state index in [-0.39, 0.29) is 14.9 Å². The number of esters is 1. The highest BCUT2D eigenvalue weighted by molar-refractivity contribution is 7.89. The van der Waals surface area contributed by atoms with Crippen LogP contribution >= 0.6 is 23.2 Å². The van der Waals surface area contributed by atoms with Crippen molar-refractivity contribution < 1.29 is 17.9 Å². The highest BCUT2D eigenvalue weighted by Gasteiger charge is 2.28. The van der Waals surface area contributed by atoms with Crippen molar-refractivity contribution in [2.24, 2.45) is 0 Å². The van der Waals surface area contributed by atoms with Crippen molar-refractivity contribution in [3.05, 3.63) is 28.2 Å². The minimum atomic E-state index is -3.98. The molecule has 0 saturated carbocycles. The molecule has 0 spiro atoms. The van der Waals surface area contributed by atoms with E-state index < -0.39 is 27.6 Å². The summed E-state index contributed by atoms with van der Waals surface area (Å²) in [4.78, 5) is 11.6. The lowest BCUT2D eigenvalue weighted by Gasteiger charge is -2.22. The second-order valence-corrected chi connectivity index (χ2v) is 7.90. The van der Waals surface area contributed by atoms with Gasteiger partial charge in [-0.3, -0.25) is 4.79 Å². The maximum Gasteiger partial charge on any atom is 0.324 e. The van der Waals surface area contributed by atoms with Crippen LogP contribution < -0.4 is 4.72 Å². The molecule has 0 radical (unpaired) electrons. The number of sulfonamides is 1. The molecule has 1 aromatic carbocycles. The molecular weight excluding hydrogens is 337 g/mol. The van der Waals surface area contributed by atoms with Crippen molar-refractivity contribution in [1.82, 2.24) is 4.72 Å². The van der Waals surface area contributed by atoms with E-state index in [1.165, 1.54) is 25.1 Å². The average molecular weight is 354 g/mol. The Morgan fingerprint density at radius 3 is 2.38 bits per heavy atom. The number of ether oxygens (including phenoxy) is 1. The minimum absolute atomic E-state index is 0.0944. The molecule has 0 heterocycles. The Morgan fingerprint density at radius 1 is 1.29 bits per heavy atom. The van der Waals surface area contributed by atoms with E-state index in [9.17, 15) is 13.2 Å². The Balaban J connectivity index is 2.95. The number of carbonyl (C=O) groups excluding carboxylic acids is 1. The fourth-order valence-electron chi connectivity index (χ4n) is 1.43. The second-order valence-electron chi connectivity index (χ2n) is 5.43. The van der Waals surface area contributed by atoms with E-state index >= 15 is 0 Å². The van der Waals surface area contributed by atoms with Gasteiger partial charge >= 0.3 is 5.97 Å². The Kier molecular flexibility index (Phi) is 5.66. The first-order valence-corrected chi connectivity index (χ1v) is 8.37. The molecule has 118 valence electrons. The third kappa shape index (κ3) is 5.14. The molecule has 1 aromatic rings. The summed E-state index contributed by atoms with van der Waals surface area (Å²) in [5, 5.41) is 0.0209. The summed E-state index contributed by atoms with van der Waals surface area (Å²) in [6.45, 7) is 6.48. The third-order valence-electron chi connectivity index (χ3n) is 2.30. The molecule has 0 aliphatic heterocycles. The Bertz CT molecular complexity index is 638. The lowest BCUT2D eigenvalue weighted by Crippen LogP contribution is -2.42. The Morgan fingerprint density at radius 2 is 1.86 bits per heavy atom. The molecule has 8 heteroatoms. The molecule has 0 aromatic heterocycles. The summed E-state index contributed by atoms with van der Waals surface area (Å²) in [7, 11) is -3.98. The van der Waals surface area contributed by atoms with Crippen LogP contribution in [0.3, 0.4) is 0 Å². The fraction of sp³-hybridized carbons (Fsp3) is 0.462. The van der Waals surface area contributed by atoms with Crippen molar-refractivity contribution in [2.45, 2.75) is 44.2 Å². The zero-order valence-electron chi connectivity index (χ0n) is 12.1. The molecule has 0 aliphatic rings. The molecule has 1 atom stereocenters. The number of nitrogens with one attached hydrogen (secondary N) is 1. The lowest BCUT2D eigenvalue weighted by molar-refractivity contribution is -0.156. The highest BCUT2D eigenvalue weighted by Crippen LogP contribution is 2.28. The quantitative estimate of drug-likeness (QED) is 0.844. The standard InChI is InChI=1S/C13H17Cl2NO4S/c1-8(12(17)20-13(2,3)4)16-21(18,19)10-7-5-6-9(14)11(10)15/h5-8,16H,1-4H3/t8-/m1/s1. The molecule has 0 saturated heterocycles. The van der Waals surface area contributed by atoms with Gasteiger partial charge in [0.15, 0.2) is 0 Å². The second kappa shape index (κ2) is 6.52. The van der Waals surface area contributed by atoms with Crippen LogP contribution in [0, 0.1) is 0 Å². The van der Waals surface area contributed by atoms with Crippen molar-refractivity contribution >= 4 is 39.2 Å². The molecule has 1 rings (SSSR count). The van der Waals surface area contributed by atoms with Gasteiger partial charge in [-0.1, -0.05) is 29.3 Å². The molecule has 21 heavy (non-hydrogen) atoms. The number of hydrogen-bond acceptors (Lipinski definition) is 4. The van der Waals surface area contributed by atoms with Gasteiger partial charge in [0, 0.05) is 0 Å². The van der Waals surface area contributed by atoms with E-state index in [1.54, 1.807) is 20.8 Å². The number of hydrogen-bond donors (Lipinski definition) is 1. The average Bonchev–Trinajstić information content (AvgIpc) is 2.29. The van der Waals surface area contributed by atoms with E-state index in [0.29, 0.717) is 0 Å².